The Balaban J connectivity index is 1.33. The Morgan fingerprint density at radius 1 is 0.380 bits per heavy atom. The summed E-state index contributed by atoms with van der Waals surface area (Å²) in [5.41, 5.74) is 10.00. The molecule has 0 aliphatic rings. The van der Waals surface area contributed by atoms with Crippen LogP contribution in [-0.4, -0.2) is 9.97 Å². The Kier molecular flexibility index (Phi) is 7.19. The minimum Gasteiger partial charge on any atom is -0.228 e. The van der Waals surface area contributed by atoms with E-state index in [9.17, 15) is 5.26 Å². The second kappa shape index (κ2) is 12.3. The average Bonchev–Trinajstić information content (AvgIpc) is 3.20. The first kappa shape index (κ1) is 29.3. The standard InChI is InChI=1S/C47H29N3/c48-30-31-19-21-32(22-20-31)33-23-25-35(26-24-33)42-29-43(50-47(49-42)37-14-5-2-6-15-37)45-40-18-10-9-17-39(40)44(36-12-3-1-4-13-36)46-38-16-8-7-11-34(38)27-28-41(45)46/h1-29H. The maximum atomic E-state index is 9.24. The quantitative estimate of drug-likeness (QED) is 0.140. The van der Waals surface area contributed by atoms with Crippen molar-refractivity contribution in [2.75, 3.05) is 0 Å². The monoisotopic (exact) mass is 635 g/mol. The van der Waals surface area contributed by atoms with Crippen molar-refractivity contribution in [2.45, 2.75) is 0 Å². The van der Waals surface area contributed by atoms with Crippen molar-refractivity contribution in [2.24, 2.45) is 0 Å². The van der Waals surface area contributed by atoms with Gasteiger partial charge in [0, 0.05) is 16.7 Å². The molecule has 1 heterocycles. The lowest BCUT2D eigenvalue weighted by Crippen LogP contribution is -1.98. The molecule has 9 aromatic rings. The summed E-state index contributed by atoms with van der Waals surface area (Å²) in [5.74, 6) is 0.680. The lowest BCUT2D eigenvalue weighted by molar-refractivity contribution is 1.19. The summed E-state index contributed by atoms with van der Waals surface area (Å²) >= 11 is 0. The third-order valence-corrected chi connectivity index (χ3v) is 9.52. The van der Waals surface area contributed by atoms with E-state index in [0.717, 1.165) is 50.0 Å². The molecule has 0 spiro atoms. The van der Waals surface area contributed by atoms with E-state index in [1.807, 2.05) is 42.5 Å². The molecule has 0 aliphatic carbocycles. The fourth-order valence-electron chi connectivity index (χ4n) is 7.14. The molecular formula is C47H29N3. The topological polar surface area (TPSA) is 49.6 Å². The van der Waals surface area contributed by atoms with E-state index < -0.39 is 0 Å². The van der Waals surface area contributed by atoms with Crippen LogP contribution in [0.3, 0.4) is 0 Å². The van der Waals surface area contributed by atoms with Gasteiger partial charge in [-0.15, -0.1) is 0 Å². The number of hydrogen-bond donors (Lipinski definition) is 0. The molecule has 0 amide bonds. The van der Waals surface area contributed by atoms with Crippen LogP contribution in [0, 0.1) is 11.3 Å². The highest BCUT2D eigenvalue weighted by molar-refractivity contribution is 6.27. The highest BCUT2D eigenvalue weighted by Gasteiger charge is 2.21. The minimum atomic E-state index is 0.650. The Morgan fingerprint density at radius 3 is 1.60 bits per heavy atom. The number of fused-ring (bicyclic) bond motifs is 4. The van der Waals surface area contributed by atoms with Gasteiger partial charge in [-0.3, -0.25) is 0 Å². The minimum absolute atomic E-state index is 0.650. The van der Waals surface area contributed by atoms with Gasteiger partial charge in [0.25, 0.3) is 0 Å². The van der Waals surface area contributed by atoms with E-state index in [1.54, 1.807) is 0 Å². The summed E-state index contributed by atoms with van der Waals surface area (Å²) < 4.78 is 0. The van der Waals surface area contributed by atoms with Crippen molar-refractivity contribution in [1.29, 1.82) is 5.26 Å². The molecule has 0 atom stereocenters. The van der Waals surface area contributed by atoms with Gasteiger partial charge in [-0.05, 0) is 72.8 Å². The van der Waals surface area contributed by atoms with Gasteiger partial charge in [-0.2, -0.15) is 5.26 Å². The third-order valence-electron chi connectivity index (χ3n) is 9.52. The van der Waals surface area contributed by atoms with Crippen LogP contribution in [0.4, 0.5) is 0 Å². The Morgan fingerprint density at radius 2 is 0.920 bits per heavy atom. The van der Waals surface area contributed by atoms with E-state index >= 15 is 0 Å². The zero-order valence-electron chi connectivity index (χ0n) is 27.1. The van der Waals surface area contributed by atoms with Crippen LogP contribution >= 0.6 is 0 Å². The molecule has 0 bridgehead atoms. The van der Waals surface area contributed by atoms with Crippen LogP contribution in [0.15, 0.2) is 176 Å². The van der Waals surface area contributed by atoms with E-state index in [4.69, 9.17) is 9.97 Å². The van der Waals surface area contributed by atoms with E-state index in [0.29, 0.717) is 11.4 Å². The number of hydrogen-bond acceptors (Lipinski definition) is 3. The summed E-state index contributed by atoms with van der Waals surface area (Å²) in [6, 6.07) is 63.3. The summed E-state index contributed by atoms with van der Waals surface area (Å²) in [6.07, 6.45) is 0. The molecule has 0 unspecified atom stereocenters. The van der Waals surface area contributed by atoms with Gasteiger partial charge < -0.3 is 0 Å². The van der Waals surface area contributed by atoms with Crippen molar-refractivity contribution in [1.82, 2.24) is 9.97 Å². The first-order valence-corrected chi connectivity index (χ1v) is 16.7. The Labute approximate surface area is 290 Å². The maximum absolute atomic E-state index is 9.24. The molecule has 8 aromatic carbocycles. The molecule has 0 aliphatic heterocycles. The molecule has 9 rings (SSSR count). The third kappa shape index (κ3) is 5.08. The van der Waals surface area contributed by atoms with Gasteiger partial charge in [0.1, 0.15) is 0 Å². The average molecular weight is 636 g/mol. The Hall–Kier alpha value is -6.89. The lowest BCUT2D eigenvalue weighted by Gasteiger charge is -2.19. The number of nitriles is 1. The van der Waals surface area contributed by atoms with Crippen LogP contribution in [-0.2, 0) is 0 Å². The molecular weight excluding hydrogens is 607 g/mol. The predicted octanol–water partition coefficient (Wildman–Crippen LogP) is 12.1. The SMILES string of the molecule is N#Cc1ccc(-c2ccc(-c3cc(-c4c5ccccc5c(-c5ccccc5)c5c4ccc4ccccc45)nc(-c4ccccc4)n3)cc2)cc1. The van der Waals surface area contributed by atoms with Crippen LogP contribution < -0.4 is 0 Å². The fraction of sp³-hybridized carbons (Fsp3) is 0. The largest absolute Gasteiger partial charge is 0.228 e. The van der Waals surface area contributed by atoms with E-state index in [1.165, 1.54) is 32.7 Å². The highest BCUT2D eigenvalue weighted by Crippen LogP contribution is 2.46. The summed E-state index contributed by atoms with van der Waals surface area (Å²) in [4.78, 5) is 10.5. The number of rotatable bonds is 5. The molecule has 0 fully saturated rings. The second-order valence-corrected chi connectivity index (χ2v) is 12.5. The number of aromatic nitrogens is 2. The van der Waals surface area contributed by atoms with Crippen LogP contribution in [0.1, 0.15) is 5.56 Å². The highest BCUT2D eigenvalue weighted by atomic mass is 14.9. The van der Waals surface area contributed by atoms with Crippen molar-refractivity contribution in [3.63, 3.8) is 0 Å². The van der Waals surface area contributed by atoms with Gasteiger partial charge >= 0.3 is 0 Å². The second-order valence-electron chi connectivity index (χ2n) is 12.5. The van der Waals surface area contributed by atoms with Crippen molar-refractivity contribution in [3.05, 3.63) is 181 Å². The van der Waals surface area contributed by atoms with E-state index in [-0.39, 0.29) is 0 Å². The lowest BCUT2D eigenvalue weighted by atomic mass is 9.85. The van der Waals surface area contributed by atoms with Crippen molar-refractivity contribution < 1.29 is 0 Å². The normalized spacial score (nSPS) is 11.2. The molecule has 1 aromatic heterocycles. The van der Waals surface area contributed by atoms with Gasteiger partial charge in [-0.25, -0.2) is 9.97 Å². The molecule has 0 N–H and O–H groups in total. The van der Waals surface area contributed by atoms with Crippen LogP contribution in [0.2, 0.25) is 0 Å². The number of nitrogens with zero attached hydrogens (tertiary/aromatic N) is 3. The molecule has 3 heteroatoms. The molecule has 232 valence electrons. The van der Waals surface area contributed by atoms with Crippen molar-refractivity contribution in [3.8, 4) is 62.2 Å². The van der Waals surface area contributed by atoms with Crippen molar-refractivity contribution >= 4 is 32.3 Å². The maximum Gasteiger partial charge on any atom is 0.160 e. The van der Waals surface area contributed by atoms with Crippen LogP contribution in [0.5, 0.6) is 0 Å². The van der Waals surface area contributed by atoms with Gasteiger partial charge in [0.15, 0.2) is 5.82 Å². The molecule has 0 saturated heterocycles. The van der Waals surface area contributed by atoms with E-state index in [2.05, 4.69) is 140 Å². The molecule has 50 heavy (non-hydrogen) atoms. The van der Waals surface area contributed by atoms with Gasteiger partial charge in [0.05, 0.1) is 23.0 Å². The zero-order chi connectivity index (χ0) is 33.4. The summed E-state index contributed by atoms with van der Waals surface area (Å²) in [7, 11) is 0. The molecule has 0 radical (unpaired) electrons. The first-order chi connectivity index (χ1) is 24.7. The predicted molar refractivity (Wildman–Crippen MR) is 206 cm³/mol. The number of benzene rings is 8. The summed E-state index contributed by atoms with van der Waals surface area (Å²) in [6.45, 7) is 0. The smallest absolute Gasteiger partial charge is 0.160 e. The molecule has 3 nitrogen and oxygen atoms in total. The van der Waals surface area contributed by atoms with Gasteiger partial charge in [-0.1, -0.05) is 158 Å². The fourth-order valence-corrected chi connectivity index (χ4v) is 7.14. The van der Waals surface area contributed by atoms with Gasteiger partial charge in [0.2, 0.25) is 0 Å². The van der Waals surface area contributed by atoms with Crippen LogP contribution in [0.25, 0.3) is 88.5 Å². The summed E-state index contributed by atoms with van der Waals surface area (Å²) in [5, 5.41) is 16.4. The zero-order valence-corrected chi connectivity index (χ0v) is 27.1. The molecule has 0 saturated carbocycles. The first-order valence-electron chi connectivity index (χ1n) is 16.7. The Bertz CT molecular complexity index is 2730.